The first-order valence-electron chi connectivity index (χ1n) is 10.2. The van der Waals surface area contributed by atoms with E-state index in [0.717, 1.165) is 44.7 Å². The predicted molar refractivity (Wildman–Crippen MR) is 132 cm³/mol. The normalized spacial score (nSPS) is 14.1. The van der Waals surface area contributed by atoms with Gasteiger partial charge in [-0.2, -0.15) is 0 Å². The van der Waals surface area contributed by atoms with Crippen molar-refractivity contribution >= 4 is 42.4 Å². The van der Waals surface area contributed by atoms with Crippen LogP contribution in [0.3, 0.4) is 0 Å². The number of hydrogen-bond acceptors (Lipinski definition) is 6. The molecule has 32 heavy (non-hydrogen) atoms. The molecule has 1 aliphatic heterocycles. The number of carbonyl (C=O) groups excluding carboxylic acids is 1. The molecule has 2 aromatic rings. The summed E-state index contributed by atoms with van der Waals surface area (Å²) in [7, 11) is 3.12. The van der Waals surface area contributed by atoms with Crippen LogP contribution < -0.4 is 14.2 Å². The van der Waals surface area contributed by atoms with Gasteiger partial charge in [0, 0.05) is 44.2 Å². The highest BCUT2D eigenvalue weighted by Crippen LogP contribution is 2.41. The van der Waals surface area contributed by atoms with Crippen molar-refractivity contribution in [1.82, 2.24) is 9.80 Å². The molecule has 6 nitrogen and oxygen atoms in total. The van der Waals surface area contributed by atoms with Gasteiger partial charge in [0.2, 0.25) is 5.75 Å². The van der Waals surface area contributed by atoms with Crippen molar-refractivity contribution in [2.45, 2.75) is 13.0 Å². The van der Waals surface area contributed by atoms with Crippen molar-refractivity contribution < 1.29 is 19.0 Å². The van der Waals surface area contributed by atoms with E-state index in [0.29, 0.717) is 35.2 Å². The molecule has 1 fully saturated rings. The molecule has 1 aliphatic rings. The average Bonchev–Trinajstić information content (AvgIpc) is 2.79. The summed E-state index contributed by atoms with van der Waals surface area (Å²) in [4.78, 5) is 17.5. The second kappa shape index (κ2) is 14.4. The van der Waals surface area contributed by atoms with E-state index in [2.05, 4.69) is 9.80 Å². The summed E-state index contributed by atoms with van der Waals surface area (Å²) in [5, 5.41) is 0. The highest BCUT2D eigenvalue weighted by atomic mass is 35.5. The van der Waals surface area contributed by atoms with Crippen LogP contribution in [0.25, 0.3) is 0 Å². The van der Waals surface area contributed by atoms with Crippen LogP contribution in [0.1, 0.15) is 22.3 Å². The lowest BCUT2D eigenvalue weighted by atomic mass is 10.1. The largest absolute Gasteiger partial charge is 0.493 e. The van der Waals surface area contributed by atoms with Crippen molar-refractivity contribution in [2.75, 3.05) is 52.8 Å². The van der Waals surface area contributed by atoms with E-state index in [1.54, 1.807) is 26.4 Å². The molecule has 0 aliphatic carbocycles. The monoisotopic (exact) mass is 504 g/mol. The summed E-state index contributed by atoms with van der Waals surface area (Å²) in [5.74, 6) is 1.65. The molecule has 3 rings (SSSR count). The van der Waals surface area contributed by atoms with Crippen molar-refractivity contribution in [3.8, 4) is 17.2 Å². The second-order valence-electron chi connectivity index (χ2n) is 7.21. The van der Waals surface area contributed by atoms with E-state index in [1.165, 1.54) is 0 Å². The Balaban J connectivity index is 0.00000256. The first kappa shape index (κ1) is 28.3. The average molecular weight is 506 g/mol. The number of methoxy groups -OCH3 is 2. The van der Waals surface area contributed by atoms with Gasteiger partial charge in [0.1, 0.15) is 0 Å². The van der Waals surface area contributed by atoms with Gasteiger partial charge in [-0.3, -0.25) is 4.90 Å². The van der Waals surface area contributed by atoms with Gasteiger partial charge in [0.25, 0.3) is 0 Å². The maximum atomic E-state index is 12.7. The number of esters is 1. The van der Waals surface area contributed by atoms with E-state index in [1.807, 2.05) is 30.3 Å². The number of hydrogen-bond donors (Lipinski definition) is 0. The van der Waals surface area contributed by atoms with Crippen LogP contribution >= 0.6 is 36.4 Å². The van der Waals surface area contributed by atoms with Crippen molar-refractivity contribution in [3.63, 3.8) is 0 Å². The first-order valence-corrected chi connectivity index (χ1v) is 10.7. The van der Waals surface area contributed by atoms with E-state index in [9.17, 15) is 4.79 Å². The minimum atomic E-state index is -0.422. The first-order chi connectivity index (χ1) is 14.7. The minimum Gasteiger partial charge on any atom is -0.493 e. The molecule has 0 spiro atoms. The van der Waals surface area contributed by atoms with Gasteiger partial charge in [-0.1, -0.05) is 24.3 Å². The molecule has 9 heteroatoms. The molecule has 2 aromatic carbocycles. The lowest BCUT2D eigenvalue weighted by Gasteiger charge is -2.35. The molecule has 0 saturated carbocycles. The molecule has 1 heterocycles. The highest BCUT2D eigenvalue weighted by Gasteiger charge is 2.23. The maximum absolute atomic E-state index is 12.7. The number of benzene rings is 2. The van der Waals surface area contributed by atoms with Gasteiger partial charge in [-0.25, -0.2) is 4.79 Å². The number of halogens is 3. The zero-order valence-corrected chi connectivity index (χ0v) is 20.8. The molecular weight excluding hydrogens is 475 g/mol. The van der Waals surface area contributed by atoms with Gasteiger partial charge in [0.05, 0.1) is 19.8 Å². The number of carbonyl (C=O) groups is 1. The molecule has 0 radical (unpaired) electrons. The Bertz CT molecular complexity index is 831. The molecule has 0 amide bonds. The molecule has 1 saturated heterocycles. The van der Waals surface area contributed by atoms with Gasteiger partial charge in [0.15, 0.2) is 11.5 Å². The summed E-state index contributed by atoms with van der Waals surface area (Å²) in [6.45, 7) is 5.60. The molecule has 0 unspecified atom stereocenters. The molecular formula is C23H31Cl3N2O4. The van der Waals surface area contributed by atoms with Gasteiger partial charge in [-0.05, 0) is 31.2 Å². The third-order valence-corrected chi connectivity index (χ3v) is 5.52. The maximum Gasteiger partial charge on any atom is 0.343 e. The lowest BCUT2D eigenvalue weighted by Crippen LogP contribution is -2.46. The van der Waals surface area contributed by atoms with Crippen molar-refractivity contribution in [2.24, 2.45) is 0 Å². The fourth-order valence-electron chi connectivity index (χ4n) is 3.60. The topological polar surface area (TPSA) is 51.2 Å². The molecule has 0 atom stereocenters. The summed E-state index contributed by atoms with van der Waals surface area (Å²) < 4.78 is 16.8. The Hall–Kier alpha value is -1.70. The number of piperazine rings is 1. The number of ether oxygens (including phenoxy) is 3. The van der Waals surface area contributed by atoms with Crippen LogP contribution in [0.5, 0.6) is 17.2 Å². The molecule has 0 bridgehead atoms. The van der Waals surface area contributed by atoms with Crippen LogP contribution in [0, 0.1) is 0 Å². The third-order valence-electron chi connectivity index (χ3n) is 5.25. The van der Waals surface area contributed by atoms with Crippen LogP contribution in [-0.2, 0) is 6.54 Å². The summed E-state index contributed by atoms with van der Waals surface area (Å²) in [6.07, 6.45) is 1.01. The van der Waals surface area contributed by atoms with E-state index < -0.39 is 5.97 Å². The number of rotatable bonds is 9. The molecule has 0 aromatic heterocycles. The standard InChI is InChI=1S/C23H29ClN2O4.2ClH/c1-28-20-10-9-19(17-26-15-13-25(14-16-26)12-6-11-24)21(22(20)29-2)30-23(27)18-7-4-3-5-8-18;;/h3-5,7-10H,6,11-17H2,1-2H3;2*1H. The quantitative estimate of drug-likeness (QED) is 0.284. The molecule has 0 N–H and O–H groups in total. The van der Waals surface area contributed by atoms with E-state index >= 15 is 0 Å². The summed E-state index contributed by atoms with van der Waals surface area (Å²) in [6, 6.07) is 12.7. The zero-order chi connectivity index (χ0) is 21.3. The van der Waals surface area contributed by atoms with Gasteiger partial charge in [-0.15, -0.1) is 36.4 Å². The second-order valence-corrected chi connectivity index (χ2v) is 7.58. The third kappa shape index (κ3) is 7.42. The summed E-state index contributed by atoms with van der Waals surface area (Å²) >= 11 is 5.81. The van der Waals surface area contributed by atoms with Crippen LogP contribution in [0.4, 0.5) is 0 Å². The van der Waals surface area contributed by atoms with Crippen LogP contribution in [-0.4, -0.2) is 68.6 Å². The van der Waals surface area contributed by atoms with Crippen molar-refractivity contribution in [1.29, 1.82) is 0 Å². The SMILES string of the molecule is COc1ccc(CN2CCN(CCCCl)CC2)c(OC(=O)c2ccccc2)c1OC.Cl.Cl. The number of nitrogens with zero attached hydrogens (tertiary/aromatic N) is 2. The van der Waals surface area contributed by atoms with E-state index in [-0.39, 0.29) is 24.8 Å². The Morgan fingerprint density at radius 3 is 2.16 bits per heavy atom. The smallest absolute Gasteiger partial charge is 0.343 e. The Labute approximate surface area is 207 Å². The Kier molecular flexibility index (Phi) is 12.8. The highest BCUT2D eigenvalue weighted by molar-refractivity contribution is 6.17. The number of alkyl halides is 1. The van der Waals surface area contributed by atoms with Gasteiger partial charge >= 0.3 is 5.97 Å². The van der Waals surface area contributed by atoms with Gasteiger partial charge < -0.3 is 19.1 Å². The minimum absolute atomic E-state index is 0. The van der Waals surface area contributed by atoms with Crippen LogP contribution in [0.15, 0.2) is 42.5 Å². The Morgan fingerprint density at radius 2 is 1.56 bits per heavy atom. The zero-order valence-electron chi connectivity index (χ0n) is 18.4. The lowest BCUT2D eigenvalue weighted by molar-refractivity contribution is 0.0723. The van der Waals surface area contributed by atoms with E-state index in [4.69, 9.17) is 25.8 Å². The predicted octanol–water partition coefficient (Wildman–Crippen LogP) is 4.51. The van der Waals surface area contributed by atoms with Crippen molar-refractivity contribution in [3.05, 3.63) is 53.6 Å². The molecule has 178 valence electrons. The fourth-order valence-corrected chi connectivity index (χ4v) is 3.72. The summed E-state index contributed by atoms with van der Waals surface area (Å²) in [5.41, 5.74) is 1.38. The van der Waals surface area contributed by atoms with Crippen LogP contribution in [0.2, 0.25) is 0 Å². The fraction of sp³-hybridized carbons (Fsp3) is 0.435. The Morgan fingerprint density at radius 1 is 0.906 bits per heavy atom.